The zero-order valence-electron chi connectivity index (χ0n) is 22.7. The number of hydrogen-bond acceptors (Lipinski definition) is 0. The summed E-state index contributed by atoms with van der Waals surface area (Å²) in [4.78, 5) is 0. The van der Waals surface area contributed by atoms with Crippen molar-refractivity contribution < 1.29 is 0 Å². The Morgan fingerprint density at radius 3 is 1.60 bits per heavy atom. The van der Waals surface area contributed by atoms with Crippen LogP contribution in [-0.2, 0) is 5.41 Å². The van der Waals surface area contributed by atoms with Crippen LogP contribution in [0.2, 0.25) is 5.02 Å². The minimum atomic E-state index is -0.161. The highest BCUT2D eigenvalue weighted by Crippen LogP contribution is 2.54. The fourth-order valence-corrected chi connectivity index (χ4v) is 6.60. The van der Waals surface area contributed by atoms with Crippen molar-refractivity contribution in [3.8, 4) is 55.6 Å². The lowest BCUT2D eigenvalue weighted by atomic mass is 9.77. The van der Waals surface area contributed by atoms with Crippen molar-refractivity contribution >= 4 is 11.6 Å². The molecule has 0 saturated carbocycles. The number of fused-ring (bicyclic) bond motifs is 3. The molecule has 192 valence electrons. The Morgan fingerprint density at radius 1 is 0.400 bits per heavy atom. The van der Waals surface area contributed by atoms with Crippen molar-refractivity contribution in [2.75, 3.05) is 0 Å². The fraction of sp³-hybridized carbons (Fsp3) is 0.0769. The number of hydrogen-bond donors (Lipinski definition) is 0. The summed E-state index contributed by atoms with van der Waals surface area (Å²) in [6, 6.07) is 50.1. The van der Waals surface area contributed by atoms with E-state index in [2.05, 4.69) is 135 Å². The monoisotopic (exact) mass is 532 g/mol. The first-order valence-corrected chi connectivity index (χ1v) is 14.2. The molecule has 0 saturated heterocycles. The van der Waals surface area contributed by atoms with E-state index in [1.807, 2.05) is 18.2 Å². The van der Waals surface area contributed by atoms with Gasteiger partial charge in [-0.05, 0) is 97.1 Å². The molecule has 7 rings (SSSR count). The predicted octanol–water partition coefficient (Wildman–Crippen LogP) is 11.3. The highest BCUT2D eigenvalue weighted by Gasteiger charge is 2.38. The predicted molar refractivity (Wildman–Crippen MR) is 171 cm³/mol. The van der Waals surface area contributed by atoms with Crippen molar-refractivity contribution in [2.24, 2.45) is 0 Å². The molecule has 0 aromatic heterocycles. The molecule has 0 nitrogen and oxygen atoms in total. The van der Waals surface area contributed by atoms with Crippen molar-refractivity contribution in [2.45, 2.75) is 19.3 Å². The molecule has 1 aliphatic rings. The minimum absolute atomic E-state index is 0.161. The normalized spacial score (nSPS) is 13.1. The SMILES string of the molecule is CC1(C)c2cc(-c3ccccc3)c(-c3ccccc3)cc2-c2cccc(-c3cccc(-c4cccc(Cl)c4)c3)c21. The maximum Gasteiger partial charge on any atom is 0.0412 e. The summed E-state index contributed by atoms with van der Waals surface area (Å²) < 4.78 is 0. The van der Waals surface area contributed by atoms with Crippen molar-refractivity contribution in [1.82, 2.24) is 0 Å². The smallest absolute Gasteiger partial charge is 0.0412 e. The molecule has 0 unspecified atom stereocenters. The van der Waals surface area contributed by atoms with Gasteiger partial charge in [0.15, 0.2) is 0 Å². The van der Waals surface area contributed by atoms with Gasteiger partial charge in [0.05, 0.1) is 0 Å². The maximum absolute atomic E-state index is 6.33. The van der Waals surface area contributed by atoms with Crippen LogP contribution in [0.25, 0.3) is 55.6 Å². The van der Waals surface area contributed by atoms with Crippen molar-refractivity contribution in [3.63, 3.8) is 0 Å². The van der Waals surface area contributed by atoms with Gasteiger partial charge in [-0.25, -0.2) is 0 Å². The van der Waals surface area contributed by atoms with Gasteiger partial charge in [0, 0.05) is 10.4 Å². The van der Waals surface area contributed by atoms with Gasteiger partial charge in [0.25, 0.3) is 0 Å². The Kier molecular flexibility index (Phi) is 5.95. The Labute approximate surface area is 241 Å². The van der Waals surface area contributed by atoms with Crippen LogP contribution in [0.4, 0.5) is 0 Å². The minimum Gasteiger partial charge on any atom is -0.0843 e. The Balaban J connectivity index is 1.44. The molecule has 0 heterocycles. The van der Waals surface area contributed by atoms with Crippen LogP contribution in [-0.4, -0.2) is 0 Å². The van der Waals surface area contributed by atoms with E-state index < -0.39 is 0 Å². The van der Waals surface area contributed by atoms with E-state index in [1.165, 1.54) is 61.2 Å². The van der Waals surface area contributed by atoms with E-state index in [-0.39, 0.29) is 5.41 Å². The summed E-state index contributed by atoms with van der Waals surface area (Å²) in [5.41, 5.74) is 15.1. The second-order valence-corrected chi connectivity index (χ2v) is 11.6. The molecule has 0 aliphatic heterocycles. The lowest BCUT2D eigenvalue weighted by Crippen LogP contribution is -2.16. The average molecular weight is 533 g/mol. The highest BCUT2D eigenvalue weighted by atomic mass is 35.5. The molecule has 6 aromatic carbocycles. The van der Waals surface area contributed by atoms with E-state index >= 15 is 0 Å². The molecule has 40 heavy (non-hydrogen) atoms. The third kappa shape index (κ3) is 4.08. The van der Waals surface area contributed by atoms with E-state index in [0.717, 1.165) is 10.6 Å². The van der Waals surface area contributed by atoms with Gasteiger partial charge in [0.1, 0.15) is 0 Å². The van der Waals surface area contributed by atoms with Gasteiger partial charge in [-0.1, -0.05) is 135 Å². The molecule has 0 bridgehead atoms. The summed E-state index contributed by atoms with van der Waals surface area (Å²) in [6.45, 7) is 4.75. The Morgan fingerprint density at radius 2 is 0.925 bits per heavy atom. The zero-order valence-corrected chi connectivity index (χ0v) is 23.4. The summed E-state index contributed by atoms with van der Waals surface area (Å²) in [7, 11) is 0. The molecular formula is C39H29Cl. The van der Waals surface area contributed by atoms with Crippen LogP contribution in [0.5, 0.6) is 0 Å². The third-order valence-corrected chi connectivity index (χ3v) is 8.55. The molecule has 0 fully saturated rings. The van der Waals surface area contributed by atoms with Gasteiger partial charge in [-0.15, -0.1) is 0 Å². The topological polar surface area (TPSA) is 0 Å². The van der Waals surface area contributed by atoms with Crippen LogP contribution >= 0.6 is 11.6 Å². The number of rotatable bonds is 4. The molecule has 1 heteroatoms. The maximum atomic E-state index is 6.33. The summed E-state index contributed by atoms with van der Waals surface area (Å²) >= 11 is 6.33. The fourth-order valence-electron chi connectivity index (χ4n) is 6.41. The van der Waals surface area contributed by atoms with Crippen molar-refractivity contribution in [1.29, 1.82) is 0 Å². The first-order chi connectivity index (χ1) is 19.5. The second-order valence-electron chi connectivity index (χ2n) is 11.1. The zero-order chi connectivity index (χ0) is 27.3. The van der Waals surface area contributed by atoms with E-state index in [4.69, 9.17) is 11.6 Å². The highest BCUT2D eigenvalue weighted by molar-refractivity contribution is 6.30. The van der Waals surface area contributed by atoms with Gasteiger partial charge in [-0.3, -0.25) is 0 Å². The molecule has 0 amide bonds. The lowest BCUT2D eigenvalue weighted by Gasteiger charge is -2.25. The molecule has 0 spiro atoms. The van der Waals surface area contributed by atoms with Crippen LogP contribution in [0.15, 0.2) is 140 Å². The molecule has 6 aromatic rings. The average Bonchev–Trinajstić information content (AvgIpc) is 3.23. The first-order valence-electron chi connectivity index (χ1n) is 13.8. The van der Waals surface area contributed by atoms with Gasteiger partial charge in [-0.2, -0.15) is 0 Å². The summed E-state index contributed by atoms with van der Waals surface area (Å²) in [5, 5.41) is 0.753. The van der Waals surface area contributed by atoms with Gasteiger partial charge in [0.2, 0.25) is 0 Å². The Hall–Kier alpha value is -4.39. The quantitative estimate of drug-likeness (QED) is 0.212. The van der Waals surface area contributed by atoms with Crippen molar-refractivity contribution in [3.05, 3.63) is 156 Å². The molecule has 0 radical (unpaired) electrons. The van der Waals surface area contributed by atoms with Crippen LogP contribution in [0.1, 0.15) is 25.0 Å². The summed E-state index contributed by atoms with van der Waals surface area (Å²) in [6.07, 6.45) is 0. The molecule has 0 atom stereocenters. The largest absolute Gasteiger partial charge is 0.0843 e. The van der Waals surface area contributed by atoms with E-state index in [0.29, 0.717) is 0 Å². The number of halogens is 1. The molecule has 1 aliphatic carbocycles. The third-order valence-electron chi connectivity index (χ3n) is 8.31. The molecule has 0 N–H and O–H groups in total. The van der Waals surface area contributed by atoms with Gasteiger partial charge >= 0.3 is 0 Å². The number of benzene rings is 6. The van der Waals surface area contributed by atoms with Crippen LogP contribution < -0.4 is 0 Å². The van der Waals surface area contributed by atoms with Crippen LogP contribution in [0.3, 0.4) is 0 Å². The first kappa shape index (κ1) is 24.6. The van der Waals surface area contributed by atoms with E-state index in [1.54, 1.807) is 0 Å². The summed E-state index contributed by atoms with van der Waals surface area (Å²) in [5.74, 6) is 0. The molecular weight excluding hydrogens is 504 g/mol. The second kappa shape index (κ2) is 9.66. The lowest BCUT2D eigenvalue weighted by molar-refractivity contribution is 0.662. The van der Waals surface area contributed by atoms with E-state index in [9.17, 15) is 0 Å². The van der Waals surface area contributed by atoms with Crippen LogP contribution in [0, 0.1) is 0 Å². The standard InChI is InChI=1S/C39H29Cl/c1-39(2)37-25-35(27-14-7-4-8-15-27)34(26-12-5-3-6-13-26)24-36(37)33-21-11-20-32(38(33)39)30-18-9-16-28(22-30)29-17-10-19-31(40)23-29/h3-25H,1-2H3. The Bertz CT molecular complexity index is 1860. The van der Waals surface area contributed by atoms with Gasteiger partial charge < -0.3 is 0 Å².